The Morgan fingerprint density at radius 2 is 1.84 bits per heavy atom. The zero-order chi connectivity index (χ0) is 16.8. The summed E-state index contributed by atoms with van der Waals surface area (Å²) in [6.45, 7) is 2.99. The van der Waals surface area contributed by atoms with Crippen molar-refractivity contribution in [3.63, 3.8) is 0 Å². The highest BCUT2D eigenvalue weighted by Crippen LogP contribution is 2.46. The number of nitrogens with one attached hydrogen (secondary N) is 1. The predicted molar refractivity (Wildman–Crippen MR) is 109 cm³/mol. The van der Waals surface area contributed by atoms with Crippen LogP contribution in [0.4, 0.5) is 0 Å². The molecule has 0 spiro atoms. The molecule has 1 N–H and O–H groups in total. The molecule has 1 saturated carbocycles. The van der Waals surface area contributed by atoms with E-state index in [2.05, 4.69) is 34.5 Å². The lowest BCUT2D eigenvalue weighted by atomic mass is 9.92. The van der Waals surface area contributed by atoms with Gasteiger partial charge in [-0.15, -0.1) is 24.2 Å². The third kappa shape index (κ3) is 5.15. The molecule has 0 unspecified atom stereocenters. The van der Waals surface area contributed by atoms with Crippen LogP contribution in [0.5, 0.6) is 0 Å². The number of piperidine rings is 1. The smallest absolute Gasteiger partial charge is 0.239 e. The summed E-state index contributed by atoms with van der Waals surface area (Å²) >= 11 is 1.81. The van der Waals surface area contributed by atoms with Gasteiger partial charge in [0.15, 0.2) is 0 Å². The summed E-state index contributed by atoms with van der Waals surface area (Å²) in [7, 11) is 2.02. The summed E-state index contributed by atoms with van der Waals surface area (Å²) in [5.74, 6) is 1.18. The third-order valence-electron chi connectivity index (χ3n) is 5.56. The first kappa shape index (κ1) is 20.6. The van der Waals surface area contributed by atoms with Gasteiger partial charge in [-0.25, -0.2) is 0 Å². The number of thioether (sulfide) groups is 1. The average Bonchev–Trinajstić information content (AvgIpc) is 3.10. The van der Waals surface area contributed by atoms with Crippen LogP contribution in [0.25, 0.3) is 0 Å². The van der Waals surface area contributed by atoms with E-state index in [-0.39, 0.29) is 17.2 Å². The highest BCUT2D eigenvalue weighted by atomic mass is 35.5. The van der Waals surface area contributed by atoms with Gasteiger partial charge in [-0.05, 0) is 63.7 Å². The zero-order valence-electron chi connectivity index (χ0n) is 15.2. The topological polar surface area (TPSA) is 32.3 Å². The summed E-state index contributed by atoms with van der Waals surface area (Å²) in [5.41, 5.74) is 0. The van der Waals surface area contributed by atoms with E-state index in [1.54, 1.807) is 0 Å². The van der Waals surface area contributed by atoms with E-state index in [9.17, 15) is 4.79 Å². The van der Waals surface area contributed by atoms with Gasteiger partial charge >= 0.3 is 0 Å². The van der Waals surface area contributed by atoms with E-state index in [4.69, 9.17) is 0 Å². The number of likely N-dealkylation sites (tertiary alicyclic amines) is 1. The molecule has 5 heteroatoms. The molecular formula is C20H31ClN2OS. The average molecular weight is 383 g/mol. The van der Waals surface area contributed by atoms with Crippen LogP contribution >= 0.6 is 24.2 Å². The summed E-state index contributed by atoms with van der Waals surface area (Å²) in [4.78, 5) is 16.7. The zero-order valence-corrected chi connectivity index (χ0v) is 16.8. The van der Waals surface area contributed by atoms with Gasteiger partial charge in [0.1, 0.15) is 0 Å². The van der Waals surface area contributed by atoms with E-state index in [0.29, 0.717) is 5.91 Å². The van der Waals surface area contributed by atoms with Crippen molar-refractivity contribution in [2.24, 2.45) is 5.92 Å². The number of rotatable bonds is 6. The fraction of sp³-hybridized carbons (Fsp3) is 0.650. The number of halogens is 1. The second-order valence-corrected chi connectivity index (χ2v) is 8.70. The molecule has 2 fully saturated rings. The Morgan fingerprint density at radius 1 is 1.20 bits per heavy atom. The van der Waals surface area contributed by atoms with E-state index in [0.717, 1.165) is 38.4 Å². The highest BCUT2D eigenvalue weighted by Gasteiger charge is 2.45. The SMILES string of the molecule is CNCCC1CCN(C(=O)C2(Sc3ccccc3)CCCC2)CC1.Cl. The maximum absolute atomic E-state index is 13.3. The molecule has 1 saturated heterocycles. The molecule has 0 bridgehead atoms. The predicted octanol–water partition coefficient (Wildman–Crippen LogP) is 4.36. The Balaban J connectivity index is 0.00000225. The minimum atomic E-state index is -0.209. The Labute approximate surface area is 162 Å². The molecule has 3 nitrogen and oxygen atoms in total. The molecule has 0 aromatic heterocycles. The van der Waals surface area contributed by atoms with Gasteiger partial charge in [-0.2, -0.15) is 0 Å². The second-order valence-electron chi connectivity index (χ2n) is 7.24. The Morgan fingerprint density at radius 3 is 2.44 bits per heavy atom. The number of hydrogen-bond donors (Lipinski definition) is 1. The molecule has 1 aromatic carbocycles. The van der Waals surface area contributed by atoms with Gasteiger partial charge in [0.2, 0.25) is 5.91 Å². The van der Waals surface area contributed by atoms with Crippen LogP contribution in [-0.2, 0) is 4.79 Å². The van der Waals surface area contributed by atoms with Crippen LogP contribution in [0, 0.1) is 5.92 Å². The number of carbonyl (C=O) groups excluding carboxylic acids is 1. The molecule has 1 aliphatic carbocycles. The first-order chi connectivity index (χ1) is 11.7. The van der Waals surface area contributed by atoms with Crippen molar-refractivity contribution in [1.29, 1.82) is 0 Å². The third-order valence-corrected chi connectivity index (χ3v) is 7.04. The van der Waals surface area contributed by atoms with Gasteiger partial charge in [0.05, 0.1) is 4.75 Å². The van der Waals surface area contributed by atoms with E-state index >= 15 is 0 Å². The van der Waals surface area contributed by atoms with Crippen LogP contribution in [0.1, 0.15) is 44.9 Å². The van der Waals surface area contributed by atoms with Crippen LogP contribution in [0.3, 0.4) is 0 Å². The normalized spacial score (nSPS) is 20.3. The van der Waals surface area contributed by atoms with Crippen molar-refractivity contribution in [3.8, 4) is 0 Å². The highest BCUT2D eigenvalue weighted by molar-refractivity contribution is 8.01. The largest absolute Gasteiger partial charge is 0.341 e. The van der Waals surface area contributed by atoms with Crippen LogP contribution in [0.15, 0.2) is 35.2 Å². The Bertz CT molecular complexity index is 526. The standard InChI is InChI=1S/C20H30N2OS.ClH/c1-21-14-9-17-10-15-22(16-11-17)19(23)20(12-5-6-13-20)24-18-7-3-2-4-8-18;/h2-4,7-8,17,21H,5-6,9-16H2,1H3;1H. The number of benzene rings is 1. The second kappa shape index (κ2) is 9.84. The molecule has 1 heterocycles. The lowest BCUT2D eigenvalue weighted by molar-refractivity contribution is -0.135. The summed E-state index contributed by atoms with van der Waals surface area (Å²) < 4.78 is -0.209. The molecular weight excluding hydrogens is 352 g/mol. The molecule has 2 aliphatic rings. The maximum Gasteiger partial charge on any atom is 0.239 e. The number of hydrogen-bond acceptors (Lipinski definition) is 3. The minimum absolute atomic E-state index is 0. The van der Waals surface area contributed by atoms with Crippen molar-refractivity contribution in [2.45, 2.75) is 54.6 Å². The minimum Gasteiger partial charge on any atom is -0.341 e. The lowest BCUT2D eigenvalue weighted by Crippen LogP contribution is -2.48. The molecule has 1 amide bonds. The van der Waals surface area contributed by atoms with Crippen molar-refractivity contribution >= 4 is 30.1 Å². The van der Waals surface area contributed by atoms with Crippen molar-refractivity contribution in [3.05, 3.63) is 30.3 Å². The van der Waals surface area contributed by atoms with Gasteiger partial charge < -0.3 is 10.2 Å². The fourth-order valence-corrected chi connectivity index (χ4v) is 5.53. The first-order valence-electron chi connectivity index (χ1n) is 9.41. The van der Waals surface area contributed by atoms with Crippen LogP contribution in [-0.4, -0.2) is 42.2 Å². The molecule has 1 aliphatic heterocycles. The van der Waals surface area contributed by atoms with Gasteiger partial charge in [-0.3, -0.25) is 4.79 Å². The fourth-order valence-electron chi connectivity index (χ4n) is 4.08. The Kier molecular flexibility index (Phi) is 8.11. The van der Waals surface area contributed by atoms with Crippen LogP contribution in [0.2, 0.25) is 0 Å². The molecule has 0 radical (unpaired) electrons. The summed E-state index contributed by atoms with van der Waals surface area (Å²) in [6.07, 6.45) is 8.01. The number of carbonyl (C=O) groups is 1. The first-order valence-corrected chi connectivity index (χ1v) is 10.2. The van der Waals surface area contributed by atoms with E-state index < -0.39 is 0 Å². The van der Waals surface area contributed by atoms with Gasteiger partial charge in [0, 0.05) is 18.0 Å². The molecule has 0 atom stereocenters. The Hall–Kier alpha value is -0.710. The monoisotopic (exact) mass is 382 g/mol. The molecule has 140 valence electrons. The van der Waals surface area contributed by atoms with Crippen molar-refractivity contribution < 1.29 is 4.79 Å². The molecule has 3 rings (SSSR count). The number of nitrogens with zero attached hydrogens (tertiary/aromatic N) is 1. The van der Waals surface area contributed by atoms with Crippen LogP contribution < -0.4 is 5.32 Å². The number of amides is 1. The van der Waals surface area contributed by atoms with E-state index in [1.165, 1.54) is 37.0 Å². The van der Waals surface area contributed by atoms with Gasteiger partial charge in [-0.1, -0.05) is 31.0 Å². The lowest BCUT2D eigenvalue weighted by Gasteiger charge is -2.38. The molecule has 25 heavy (non-hydrogen) atoms. The van der Waals surface area contributed by atoms with Crippen molar-refractivity contribution in [1.82, 2.24) is 10.2 Å². The maximum atomic E-state index is 13.3. The summed E-state index contributed by atoms with van der Waals surface area (Å²) in [5, 5.41) is 3.24. The molecule has 1 aromatic rings. The summed E-state index contributed by atoms with van der Waals surface area (Å²) in [6, 6.07) is 10.5. The quantitative estimate of drug-likeness (QED) is 0.793. The van der Waals surface area contributed by atoms with Gasteiger partial charge in [0.25, 0.3) is 0 Å². The van der Waals surface area contributed by atoms with E-state index in [1.807, 2.05) is 24.9 Å². The van der Waals surface area contributed by atoms with Crippen molar-refractivity contribution in [2.75, 3.05) is 26.7 Å².